The largest absolute Gasteiger partial charge is 4.00 e. The van der Waals surface area contributed by atoms with Crippen LogP contribution in [0, 0.1) is 41.7 Å². The van der Waals surface area contributed by atoms with Crippen LogP contribution in [0.15, 0.2) is 0 Å². The van der Waals surface area contributed by atoms with Gasteiger partial charge in [0.1, 0.15) is 0 Å². The van der Waals surface area contributed by atoms with Crippen LogP contribution in [-0.4, -0.2) is 127 Å². The predicted molar refractivity (Wildman–Crippen MR) is 112 cm³/mol. The van der Waals surface area contributed by atoms with E-state index >= 15 is 0 Å². The van der Waals surface area contributed by atoms with E-state index in [0.717, 1.165) is 0 Å². The number of hydrogen-bond acceptors (Lipinski definition) is 8. The third-order valence-corrected chi connectivity index (χ3v) is 2.49. The Balaban J connectivity index is -0.0000000873. The Morgan fingerprint density at radius 2 is 0.517 bits per heavy atom. The van der Waals surface area contributed by atoms with Gasteiger partial charge in [0.25, 0.3) is 0 Å². The fourth-order valence-electron chi connectivity index (χ4n) is 2.06. The van der Waals surface area contributed by atoms with E-state index in [9.17, 15) is 20.4 Å². The summed E-state index contributed by atoms with van der Waals surface area (Å²) in [5.74, 6) is 0. The van der Waals surface area contributed by atoms with Gasteiger partial charge in [-0.3, -0.25) is 0 Å². The first-order chi connectivity index (χ1) is 12.5. The quantitative estimate of drug-likeness (QED) is 0.320. The first-order valence-electron chi connectivity index (χ1n) is 9.73. The van der Waals surface area contributed by atoms with E-state index in [1.54, 1.807) is 27.7 Å². The topological polar surface area (TPSA) is 105 Å². The molecule has 0 bridgehead atoms. The molecule has 176 valence electrons. The van der Waals surface area contributed by atoms with Crippen molar-refractivity contribution in [2.24, 2.45) is 0 Å². The summed E-state index contributed by atoms with van der Waals surface area (Å²) >= 11 is 0. The molecular weight excluding hydrogens is 500 g/mol. The molecule has 0 spiro atoms. The average Bonchev–Trinajstić information content (AvgIpc) is 2.32. The van der Waals surface area contributed by atoms with Crippen molar-refractivity contribution in [3.05, 3.63) is 0 Å². The molecule has 0 saturated heterocycles. The molecule has 0 fully saturated rings. The summed E-state index contributed by atoms with van der Waals surface area (Å²) in [4.78, 5) is 7.55. The fourth-order valence-corrected chi connectivity index (χ4v) is 2.06. The average molecular weight is 549 g/mol. The smallest absolute Gasteiger partial charge is 0.851 e. The van der Waals surface area contributed by atoms with Crippen LogP contribution >= 0.6 is 0 Å². The van der Waals surface area contributed by atoms with Crippen molar-refractivity contribution >= 4 is 0 Å². The van der Waals surface area contributed by atoms with Crippen molar-refractivity contribution in [3.8, 4) is 0 Å². The van der Waals surface area contributed by atoms with Gasteiger partial charge in [0.05, 0.1) is 0 Å². The number of hydrogen-bond donors (Lipinski definition) is 0. The molecule has 0 aromatic rings. The summed E-state index contributed by atoms with van der Waals surface area (Å²) in [6.45, 7) is 9.22. The summed E-state index contributed by atoms with van der Waals surface area (Å²) in [6, 6.07) is 0. The molecule has 0 aliphatic carbocycles. The maximum Gasteiger partial charge on any atom is 4.00 e. The summed E-state index contributed by atoms with van der Waals surface area (Å²) in [5, 5.41) is 41.2. The van der Waals surface area contributed by atoms with E-state index in [-0.39, 0.29) is 41.7 Å². The van der Waals surface area contributed by atoms with Gasteiger partial charge in [-0.15, -0.1) is 24.4 Å². The van der Waals surface area contributed by atoms with Crippen LogP contribution in [-0.2, 0) is 0 Å². The van der Waals surface area contributed by atoms with Crippen molar-refractivity contribution in [1.29, 1.82) is 0 Å². The Kier molecular flexibility index (Phi) is 37.8. The molecule has 0 aliphatic heterocycles. The summed E-state index contributed by atoms with van der Waals surface area (Å²) in [7, 11) is 15.2. The minimum Gasteiger partial charge on any atom is -0.851 e. The van der Waals surface area contributed by atoms with Crippen LogP contribution in [0.1, 0.15) is 27.7 Å². The monoisotopic (exact) mass is 548 g/mol. The normalized spacial score (nSPS) is 14.5. The number of rotatable bonds is 8. The molecule has 0 aliphatic rings. The van der Waals surface area contributed by atoms with Gasteiger partial charge in [0.15, 0.2) is 0 Å². The minimum atomic E-state index is -0.449. The standard InChI is InChI=1S/4C5H12NO.Ce/c4*1-5(7)4-6(2)3;/h4*5H,4H2,1-3H3;/q4*-1;+4. The van der Waals surface area contributed by atoms with Crippen LogP contribution in [0.25, 0.3) is 0 Å². The van der Waals surface area contributed by atoms with Crippen LogP contribution < -0.4 is 20.4 Å². The zero-order valence-corrected chi connectivity index (χ0v) is 24.2. The number of likely N-dealkylation sites (N-methyl/N-ethyl adjacent to an activating group) is 4. The van der Waals surface area contributed by atoms with Gasteiger partial charge in [0.2, 0.25) is 0 Å². The second-order valence-corrected chi connectivity index (χ2v) is 8.29. The molecular formula is C20H48CeN4O4. The van der Waals surface area contributed by atoms with Gasteiger partial charge in [0, 0.05) is 0 Å². The maximum absolute atomic E-state index is 10.3. The van der Waals surface area contributed by atoms with Crippen molar-refractivity contribution in [1.82, 2.24) is 19.6 Å². The zero-order valence-electron chi connectivity index (χ0n) is 21.1. The molecule has 0 N–H and O–H groups in total. The van der Waals surface area contributed by atoms with Crippen molar-refractivity contribution in [2.45, 2.75) is 52.1 Å². The predicted octanol–water partition coefficient (Wildman–Crippen LogP) is -2.81. The first-order valence-corrected chi connectivity index (χ1v) is 9.73. The summed E-state index contributed by atoms with van der Waals surface area (Å²) in [5.41, 5.74) is 0. The van der Waals surface area contributed by atoms with Gasteiger partial charge in [-0.05, 0) is 82.6 Å². The Morgan fingerprint density at radius 1 is 0.414 bits per heavy atom. The second-order valence-electron chi connectivity index (χ2n) is 8.29. The Morgan fingerprint density at radius 3 is 0.517 bits per heavy atom. The Labute approximate surface area is 215 Å². The first kappa shape index (κ1) is 40.4. The molecule has 0 saturated carbocycles. The van der Waals surface area contributed by atoms with Crippen LogP contribution in [0.4, 0.5) is 0 Å². The summed E-state index contributed by atoms with van der Waals surface area (Å²) < 4.78 is 0. The van der Waals surface area contributed by atoms with E-state index < -0.39 is 24.4 Å². The molecule has 0 aromatic carbocycles. The zero-order chi connectivity index (χ0) is 23.4. The molecule has 9 heteroatoms. The van der Waals surface area contributed by atoms with Gasteiger partial charge >= 0.3 is 41.7 Å². The minimum absolute atomic E-state index is 0. The van der Waals surface area contributed by atoms with Gasteiger partial charge in [-0.1, -0.05) is 27.7 Å². The molecule has 4 atom stereocenters. The molecule has 0 aromatic heterocycles. The van der Waals surface area contributed by atoms with Gasteiger partial charge in [-0.25, -0.2) is 0 Å². The van der Waals surface area contributed by atoms with E-state index in [4.69, 9.17) is 0 Å². The van der Waals surface area contributed by atoms with Crippen LogP contribution in [0.3, 0.4) is 0 Å². The molecule has 0 radical (unpaired) electrons. The molecule has 8 nitrogen and oxygen atoms in total. The second kappa shape index (κ2) is 27.1. The Hall–Kier alpha value is 1.06. The van der Waals surface area contributed by atoms with Crippen LogP contribution in [0.5, 0.6) is 0 Å². The third-order valence-electron chi connectivity index (χ3n) is 2.49. The Bertz CT molecular complexity index is 212. The summed E-state index contributed by atoms with van der Waals surface area (Å²) in [6.07, 6.45) is -1.80. The van der Waals surface area contributed by atoms with E-state index in [1.807, 2.05) is 76.0 Å². The van der Waals surface area contributed by atoms with Crippen molar-refractivity contribution < 1.29 is 62.2 Å². The van der Waals surface area contributed by atoms with Crippen molar-refractivity contribution in [2.75, 3.05) is 82.6 Å². The number of nitrogens with zero attached hydrogens (tertiary/aromatic N) is 4. The third kappa shape index (κ3) is 73.1. The molecule has 0 rings (SSSR count). The van der Waals surface area contributed by atoms with E-state index in [0.29, 0.717) is 26.2 Å². The molecule has 0 amide bonds. The van der Waals surface area contributed by atoms with Gasteiger partial charge in [-0.2, -0.15) is 0 Å². The van der Waals surface area contributed by atoms with Crippen LogP contribution in [0.2, 0.25) is 0 Å². The van der Waals surface area contributed by atoms with Crippen molar-refractivity contribution in [3.63, 3.8) is 0 Å². The maximum atomic E-state index is 10.3. The molecule has 4 unspecified atom stereocenters. The van der Waals surface area contributed by atoms with Gasteiger partial charge < -0.3 is 40.0 Å². The molecule has 0 heterocycles. The van der Waals surface area contributed by atoms with E-state index in [2.05, 4.69) is 0 Å². The SMILES string of the molecule is CC([O-])CN(C)C.CC([O-])CN(C)C.CC([O-])CN(C)C.CC([O-])CN(C)C.[Ce+4]. The fraction of sp³-hybridized carbons (Fsp3) is 1.00. The molecule has 29 heavy (non-hydrogen) atoms. The van der Waals surface area contributed by atoms with E-state index in [1.165, 1.54) is 0 Å².